The molecule has 5 aromatic carbocycles. The van der Waals surface area contributed by atoms with Gasteiger partial charge in [-0.3, -0.25) is 0 Å². The molecule has 200 valence electrons. The van der Waals surface area contributed by atoms with Crippen molar-refractivity contribution in [3.8, 4) is 22.8 Å². The van der Waals surface area contributed by atoms with Gasteiger partial charge in [0.2, 0.25) is 0 Å². The summed E-state index contributed by atoms with van der Waals surface area (Å²) in [5.41, 5.74) is 5.65. The lowest BCUT2D eigenvalue weighted by Gasteiger charge is -2.18. The monoisotopic (exact) mass is 561 g/mol. The summed E-state index contributed by atoms with van der Waals surface area (Å²) in [6, 6.07) is 36.9. The molecule has 0 bridgehead atoms. The maximum Gasteiger partial charge on any atom is 0.164 e. The number of fused-ring (bicyclic) bond motifs is 4. The summed E-state index contributed by atoms with van der Waals surface area (Å²) in [6.07, 6.45) is 7.54. The molecule has 5 heteroatoms. The second-order valence-electron chi connectivity index (χ2n) is 10.5. The molecular formula is C37H24ClN3O. The number of aromatic nitrogens is 3. The Bertz CT molecular complexity index is 2190. The van der Waals surface area contributed by atoms with Crippen LogP contribution in [0, 0.1) is 0 Å². The zero-order chi connectivity index (χ0) is 28.0. The molecule has 7 aromatic rings. The molecule has 0 amide bonds. The Labute approximate surface area is 247 Å². The SMILES string of the molecule is Clc1ccc2c(c1)oc1cccc(-c3nc(C4=CCC(c5cccc6ccccc56)C=C4)nc(-c4ccccc4)n3)c12. The molecule has 1 aliphatic rings. The fraction of sp³-hybridized carbons (Fsp3) is 0.0541. The minimum Gasteiger partial charge on any atom is -0.456 e. The quantitative estimate of drug-likeness (QED) is 0.214. The Balaban J connectivity index is 1.25. The third-order valence-electron chi connectivity index (χ3n) is 7.95. The maximum absolute atomic E-state index is 6.27. The van der Waals surface area contributed by atoms with E-state index in [-0.39, 0.29) is 5.92 Å². The first-order valence-corrected chi connectivity index (χ1v) is 14.4. The fourth-order valence-corrected chi connectivity index (χ4v) is 6.08. The van der Waals surface area contributed by atoms with Gasteiger partial charge in [-0.15, -0.1) is 0 Å². The first kappa shape index (κ1) is 24.7. The third kappa shape index (κ3) is 4.28. The molecule has 0 fully saturated rings. The van der Waals surface area contributed by atoms with Crippen LogP contribution in [0.5, 0.6) is 0 Å². The number of hydrogen-bond donors (Lipinski definition) is 0. The van der Waals surface area contributed by atoms with Crippen molar-refractivity contribution in [1.29, 1.82) is 0 Å². The minimum absolute atomic E-state index is 0.285. The van der Waals surface area contributed by atoms with Crippen LogP contribution in [0.1, 0.15) is 23.7 Å². The standard InChI is InChI=1S/C37H24ClN3O/c38-27-20-21-30-33(22-27)42-32-15-7-14-31(34(30)32)37-40-35(25-9-2-1-3-10-25)39-36(41-37)26-18-16-24(17-19-26)29-13-6-11-23-8-4-5-12-28(23)29/h1-16,18-22,24H,17H2. The Morgan fingerprint density at radius 2 is 1.45 bits per heavy atom. The van der Waals surface area contributed by atoms with Crippen LogP contribution < -0.4 is 0 Å². The van der Waals surface area contributed by atoms with E-state index < -0.39 is 0 Å². The predicted octanol–water partition coefficient (Wildman–Crippen LogP) is 10.0. The second-order valence-corrected chi connectivity index (χ2v) is 11.0. The van der Waals surface area contributed by atoms with Gasteiger partial charge < -0.3 is 4.42 Å². The van der Waals surface area contributed by atoms with Gasteiger partial charge in [0, 0.05) is 44.5 Å². The molecule has 4 nitrogen and oxygen atoms in total. The third-order valence-corrected chi connectivity index (χ3v) is 8.18. The van der Waals surface area contributed by atoms with Crippen molar-refractivity contribution in [3.05, 3.63) is 144 Å². The number of halogens is 1. The Kier molecular flexibility index (Phi) is 5.94. The molecule has 0 saturated heterocycles. The van der Waals surface area contributed by atoms with Crippen LogP contribution in [-0.4, -0.2) is 15.0 Å². The molecule has 0 N–H and O–H groups in total. The molecule has 1 unspecified atom stereocenters. The topological polar surface area (TPSA) is 51.8 Å². The Hall–Kier alpha value is -5.06. The first-order chi connectivity index (χ1) is 20.7. The van der Waals surface area contributed by atoms with Gasteiger partial charge in [-0.05, 0) is 41.0 Å². The summed E-state index contributed by atoms with van der Waals surface area (Å²) in [5.74, 6) is 2.17. The van der Waals surface area contributed by atoms with E-state index in [1.807, 2.05) is 66.7 Å². The van der Waals surface area contributed by atoms with Crippen LogP contribution in [0.4, 0.5) is 0 Å². The Morgan fingerprint density at radius 3 is 2.33 bits per heavy atom. The van der Waals surface area contributed by atoms with E-state index in [0.717, 1.165) is 45.1 Å². The molecule has 8 rings (SSSR count). The van der Waals surface area contributed by atoms with Crippen LogP contribution in [-0.2, 0) is 0 Å². The highest BCUT2D eigenvalue weighted by Gasteiger charge is 2.20. The van der Waals surface area contributed by atoms with Gasteiger partial charge in [0.1, 0.15) is 11.2 Å². The zero-order valence-corrected chi connectivity index (χ0v) is 23.3. The lowest BCUT2D eigenvalue weighted by molar-refractivity contribution is 0.669. The van der Waals surface area contributed by atoms with Gasteiger partial charge in [-0.2, -0.15) is 0 Å². The molecule has 1 atom stereocenters. The summed E-state index contributed by atoms with van der Waals surface area (Å²) < 4.78 is 6.16. The molecule has 0 radical (unpaired) electrons. The Morgan fingerprint density at radius 1 is 0.667 bits per heavy atom. The van der Waals surface area contributed by atoms with Gasteiger partial charge in [-0.1, -0.05) is 115 Å². The van der Waals surface area contributed by atoms with Crippen molar-refractivity contribution in [1.82, 2.24) is 15.0 Å². The van der Waals surface area contributed by atoms with Crippen molar-refractivity contribution in [2.24, 2.45) is 0 Å². The van der Waals surface area contributed by atoms with Gasteiger partial charge in [-0.25, -0.2) is 15.0 Å². The van der Waals surface area contributed by atoms with E-state index >= 15 is 0 Å². The molecule has 42 heavy (non-hydrogen) atoms. The molecule has 2 aromatic heterocycles. The lowest BCUT2D eigenvalue weighted by atomic mass is 9.87. The second kappa shape index (κ2) is 10.1. The number of nitrogens with zero attached hydrogens (tertiary/aromatic N) is 3. The average Bonchev–Trinajstić information content (AvgIpc) is 3.42. The highest BCUT2D eigenvalue weighted by molar-refractivity contribution is 6.31. The van der Waals surface area contributed by atoms with Crippen LogP contribution in [0.25, 0.3) is 61.1 Å². The average molecular weight is 562 g/mol. The number of hydrogen-bond acceptors (Lipinski definition) is 4. The van der Waals surface area contributed by atoms with E-state index in [1.165, 1.54) is 16.3 Å². The minimum atomic E-state index is 0.285. The van der Waals surface area contributed by atoms with Crippen LogP contribution in [0.15, 0.2) is 132 Å². The van der Waals surface area contributed by atoms with E-state index in [9.17, 15) is 0 Å². The van der Waals surface area contributed by atoms with E-state index in [0.29, 0.717) is 22.5 Å². The molecule has 0 saturated carbocycles. The van der Waals surface area contributed by atoms with Crippen LogP contribution in [0.2, 0.25) is 5.02 Å². The van der Waals surface area contributed by atoms with E-state index in [2.05, 4.69) is 60.7 Å². The normalized spacial score (nSPS) is 15.0. The predicted molar refractivity (Wildman–Crippen MR) is 171 cm³/mol. The highest BCUT2D eigenvalue weighted by Crippen LogP contribution is 2.38. The van der Waals surface area contributed by atoms with Gasteiger partial charge >= 0.3 is 0 Å². The largest absolute Gasteiger partial charge is 0.456 e. The van der Waals surface area contributed by atoms with Crippen LogP contribution >= 0.6 is 11.6 Å². The van der Waals surface area contributed by atoms with Gasteiger partial charge in [0.05, 0.1) is 0 Å². The molecule has 2 heterocycles. The van der Waals surface area contributed by atoms with Crippen molar-refractivity contribution >= 4 is 49.9 Å². The van der Waals surface area contributed by atoms with Crippen molar-refractivity contribution in [3.63, 3.8) is 0 Å². The first-order valence-electron chi connectivity index (χ1n) is 14.0. The van der Waals surface area contributed by atoms with Crippen molar-refractivity contribution in [2.75, 3.05) is 0 Å². The molecule has 0 spiro atoms. The summed E-state index contributed by atoms with van der Waals surface area (Å²) in [5, 5.41) is 5.13. The van der Waals surface area contributed by atoms with Gasteiger partial charge in [0.25, 0.3) is 0 Å². The van der Waals surface area contributed by atoms with Crippen molar-refractivity contribution < 1.29 is 4.42 Å². The van der Waals surface area contributed by atoms with E-state index in [1.54, 1.807) is 0 Å². The smallest absolute Gasteiger partial charge is 0.164 e. The summed E-state index contributed by atoms with van der Waals surface area (Å²) in [4.78, 5) is 15.0. The molecule has 0 aliphatic heterocycles. The lowest BCUT2D eigenvalue weighted by Crippen LogP contribution is -2.05. The van der Waals surface area contributed by atoms with Crippen LogP contribution in [0.3, 0.4) is 0 Å². The number of benzene rings is 5. The molecular weight excluding hydrogens is 538 g/mol. The van der Waals surface area contributed by atoms with Crippen molar-refractivity contribution in [2.45, 2.75) is 12.3 Å². The maximum atomic E-state index is 6.27. The fourth-order valence-electron chi connectivity index (χ4n) is 5.92. The number of furan rings is 1. The zero-order valence-electron chi connectivity index (χ0n) is 22.5. The molecule has 1 aliphatic carbocycles. The van der Waals surface area contributed by atoms with E-state index in [4.69, 9.17) is 31.0 Å². The summed E-state index contributed by atoms with van der Waals surface area (Å²) in [6.45, 7) is 0. The summed E-state index contributed by atoms with van der Waals surface area (Å²) >= 11 is 6.27. The number of allylic oxidation sites excluding steroid dienone is 4. The van der Waals surface area contributed by atoms with Gasteiger partial charge in [0.15, 0.2) is 17.5 Å². The summed E-state index contributed by atoms with van der Waals surface area (Å²) in [7, 11) is 0. The number of rotatable bonds is 4. The highest BCUT2D eigenvalue weighted by atomic mass is 35.5.